The van der Waals surface area contributed by atoms with Gasteiger partial charge in [-0.1, -0.05) is 24.3 Å². The molecule has 3 heterocycles. The van der Waals surface area contributed by atoms with E-state index in [2.05, 4.69) is 9.71 Å². The average Bonchev–Trinajstić information content (AvgIpc) is 3.49. The lowest BCUT2D eigenvalue weighted by atomic mass is 9.96. The van der Waals surface area contributed by atoms with Crippen molar-refractivity contribution < 1.29 is 17.6 Å². The van der Waals surface area contributed by atoms with Crippen molar-refractivity contribution in [3.8, 4) is 0 Å². The van der Waals surface area contributed by atoms with E-state index in [0.717, 1.165) is 41.2 Å². The van der Waals surface area contributed by atoms with Crippen LogP contribution in [0.25, 0.3) is 11.1 Å². The molecule has 0 spiro atoms. The first kappa shape index (κ1) is 20.7. The van der Waals surface area contributed by atoms with Crippen LogP contribution in [-0.4, -0.2) is 37.3 Å². The van der Waals surface area contributed by atoms with Crippen LogP contribution in [0.1, 0.15) is 35.0 Å². The SMILES string of the molecule is O=C(c1cccc(NS(=O)(=O)c2cccs2)c1)N1CCC(c2nc3ccccc3o2)CC1. The van der Waals surface area contributed by atoms with E-state index in [1.54, 1.807) is 46.7 Å². The number of fused-ring (bicyclic) bond motifs is 1. The average molecular weight is 468 g/mol. The van der Waals surface area contributed by atoms with Crippen LogP contribution in [0.15, 0.2) is 74.7 Å². The van der Waals surface area contributed by atoms with Gasteiger partial charge < -0.3 is 9.32 Å². The van der Waals surface area contributed by atoms with Gasteiger partial charge in [0.2, 0.25) is 0 Å². The van der Waals surface area contributed by atoms with Crippen LogP contribution in [0.4, 0.5) is 5.69 Å². The van der Waals surface area contributed by atoms with E-state index in [1.165, 1.54) is 0 Å². The second-order valence-corrected chi connectivity index (χ2v) is 10.6. The lowest BCUT2D eigenvalue weighted by Crippen LogP contribution is -2.38. The molecule has 164 valence electrons. The number of carbonyl (C=O) groups is 1. The Bertz CT molecular complexity index is 1320. The minimum atomic E-state index is -3.66. The number of para-hydroxylation sites is 2. The number of aromatic nitrogens is 1. The summed E-state index contributed by atoms with van der Waals surface area (Å²) in [6.07, 6.45) is 1.53. The normalized spacial score (nSPS) is 15.2. The first-order valence-electron chi connectivity index (χ1n) is 10.3. The molecule has 0 saturated carbocycles. The van der Waals surface area contributed by atoms with Gasteiger partial charge in [-0.2, -0.15) is 0 Å². The maximum atomic E-state index is 13.0. The van der Waals surface area contributed by atoms with E-state index >= 15 is 0 Å². The van der Waals surface area contributed by atoms with Crippen molar-refractivity contribution in [2.75, 3.05) is 17.8 Å². The maximum absolute atomic E-state index is 13.0. The number of likely N-dealkylation sites (tertiary alicyclic amines) is 1. The summed E-state index contributed by atoms with van der Waals surface area (Å²) in [6, 6.07) is 17.5. The van der Waals surface area contributed by atoms with Crippen LogP contribution < -0.4 is 4.72 Å². The quantitative estimate of drug-likeness (QED) is 0.459. The summed E-state index contributed by atoms with van der Waals surface area (Å²) in [4.78, 5) is 19.4. The molecule has 2 aromatic carbocycles. The second-order valence-electron chi connectivity index (χ2n) is 7.70. The number of amides is 1. The van der Waals surface area contributed by atoms with Gasteiger partial charge in [-0.15, -0.1) is 11.3 Å². The van der Waals surface area contributed by atoms with Crippen LogP contribution in [0.5, 0.6) is 0 Å². The molecular weight excluding hydrogens is 446 g/mol. The van der Waals surface area contributed by atoms with Gasteiger partial charge in [0.05, 0.1) is 0 Å². The third-order valence-electron chi connectivity index (χ3n) is 5.56. The minimum Gasteiger partial charge on any atom is -0.440 e. The summed E-state index contributed by atoms with van der Waals surface area (Å²) >= 11 is 1.14. The maximum Gasteiger partial charge on any atom is 0.271 e. The Labute approximate surface area is 189 Å². The third-order valence-corrected chi connectivity index (χ3v) is 8.34. The number of hydrogen-bond donors (Lipinski definition) is 1. The highest BCUT2D eigenvalue weighted by Crippen LogP contribution is 2.30. The summed E-state index contributed by atoms with van der Waals surface area (Å²) in [5, 5.41) is 1.71. The molecule has 7 nitrogen and oxygen atoms in total. The zero-order valence-corrected chi connectivity index (χ0v) is 18.7. The number of hydrogen-bond acceptors (Lipinski definition) is 6. The van der Waals surface area contributed by atoms with E-state index in [1.807, 2.05) is 24.3 Å². The Balaban J connectivity index is 1.26. The standard InChI is InChI=1S/C23H21N3O4S2/c27-23(17-5-3-6-18(15-17)25-32(28,29)21-9-4-14-31-21)26-12-10-16(11-13-26)22-24-19-7-1-2-8-20(19)30-22/h1-9,14-16,25H,10-13H2. The fourth-order valence-electron chi connectivity index (χ4n) is 3.91. The Morgan fingerprint density at radius 1 is 1.06 bits per heavy atom. The zero-order chi connectivity index (χ0) is 22.1. The van der Waals surface area contributed by atoms with E-state index in [0.29, 0.717) is 24.3 Å². The van der Waals surface area contributed by atoms with Gasteiger partial charge in [-0.3, -0.25) is 9.52 Å². The van der Waals surface area contributed by atoms with Crippen molar-refractivity contribution in [1.82, 2.24) is 9.88 Å². The van der Waals surface area contributed by atoms with Crippen molar-refractivity contribution in [3.63, 3.8) is 0 Å². The molecule has 0 bridgehead atoms. The van der Waals surface area contributed by atoms with Crippen molar-refractivity contribution in [2.24, 2.45) is 0 Å². The summed E-state index contributed by atoms with van der Waals surface area (Å²) in [5.74, 6) is 0.789. The first-order chi connectivity index (χ1) is 15.5. The fraction of sp³-hybridized carbons (Fsp3) is 0.217. The first-order valence-corrected chi connectivity index (χ1v) is 12.7. The molecule has 1 saturated heterocycles. The summed E-state index contributed by atoms with van der Waals surface area (Å²) in [7, 11) is -3.66. The van der Waals surface area contributed by atoms with E-state index in [-0.39, 0.29) is 16.0 Å². The predicted molar refractivity (Wildman–Crippen MR) is 123 cm³/mol. The lowest BCUT2D eigenvalue weighted by molar-refractivity contribution is 0.0707. The van der Waals surface area contributed by atoms with Gasteiger partial charge in [0.15, 0.2) is 11.5 Å². The molecule has 1 amide bonds. The summed E-state index contributed by atoms with van der Waals surface area (Å²) in [5.41, 5.74) is 2.45. The Morgan fingerprint density at radius 3 is 2.62 bits per heavy atom. The van der Waals surface area contributed by atoms with Crippen LogP contribution in [0.3, 0.4) is 0 Å². The minimum absolute atomic E-state index is 0.113. The fourth-order valence-corrected chi connectivity index (χ4v) is 5.96. The molecule has 1 N–H and O–H groups in total. The number of carbonyl (C=O) groups excluding carboxylic acids is 1. The number of piperidine rings is 1. The molecule has 0 aliphatic carbocycles. The highest BCUT2D eigenvalue weighted by Gasteiger charge is 2.28. The highest BCUT2D eigenvalue weighted by atomic mass is 32.2. The van der Waals surface area contributed by atoms with Crippen molar-refractivity contribution in [2.45, 2.75) is 23.0 Å². The molecule has 1 aliphatic rings. The molecule has 1 aliphatic heterocycles. The van der Waals surface area contributed by atoms with Gasteiger partial charge >= 0.3 is 0 Å². The smallest absolute Gasteiger partial charge is 0.271 e. The highest BCUT2D eigenvalue weighted by molar-refractivity contribution is 7.94. The number of rotatable bonds is 5. The summed E-state index contributed by atoms with van der Waals surface area (Å²) in [6.45, 7) is 1.18. The van der Waals surface area contributed by atoms with Gasteiger partial charge in [-0.05, 0) is 54.6 Å². The second kappa shape index (κ2) is 8.40. The zero-order valence-electron chi connectivity index (χ0n) is 17.1. The molecule has 2 aromatic heterocycles. The van der Waals surface area contributed by atoms with Gasteiger partial charge in [0.1, 0.15) is 9.73 Å². The Morgan fingerprint density at radius 2 is 1.88 bits per heavy atom. The molecule has 9 heteroatoms. The molecule has 4 aromatic rings. The van der Waals surface area contributed by atoms with Gasteiger partial charge in [-0.25, -0.2) is 13.4 Å². The lowest BCUT2D eigenvalue weighted by Gasteiger charge is -2.30. The molecule has 0 atom stereocenters. The number of sulfonamides is 1. The predicted octanol–water partition coefficient (Wildman–Crippen LogP) is 4.71. The van der Waals surface area contributed by atoms with Gasteiger partial charge in [0, 0.05) is 30.3 Å². The Kier molecular flexibility index (Phi) is 5.44. The van der Waals surface area contributed by atoms with Crippen molar-refractivity contribution >= 4 is 44.1 Å². The van der Waals surface area contributed by atoms with E-state index in [4.69, 9.17) is 4.42 Å². The van der Waals surface area contributed by atoms with E-state index < -0.39 is 10.0 Å². The van der Waals surface area contributed by atoms with Crippen molar-refractivity contribution in [3.05, 3.63) is 77.5 Å². The van der Waals surface area contributed by atoms with Crippen molar-refractivity contribution in [1.29, 1.82) is 0 Å². The Hall–Kier alpha value is -3.17. The van der Waals surface area contributed by atoms with Crippen LogP contribution >= 0.6 is 11.3 Å². The number of anilines is 1. The van der Waals surface area contributed by atoms with Crippen LogP contribution in [0, 0.1) is 0 Å². The number of nitrogens with zero attached hydrogens (tertiary/aromatic N) is 2. The molecule has 1 fully saturated rings. The van der Waals surface area contributed by atoms with E-state index in [9.17, 15) is 13.2 Å². The van der Waals surface area contributed by atoms with Crippen LogP contribution in [-0.2, 0) is 10.0 Å². The number of oxazole rings is 1. The topological polar surface area (TPSA) is 92.5 Å². The third kappa shape index (κ3) is 4.13. The van der Waals surface area contributed by atoms with Crippen LogP contribution in [0.2, 0.25) is 0 Å². The molecule has 0 radical (unpaired) electrons. The molecule has 32 heavy (non-hydrogen) atoms. The largest absolute Gasteiger partial charge is 0.440 e. The molecule has 5 rings (SSSR count). The molecule has 0 unspecified atom stereocenters. The molecular formula is C23H21N3O4S2. The number of benzene rings is 2. The monoisotopic (exact) mass is 467 g/mol. The van der Waals surface area contributed by atoms with Gasteiger partial charge in [0.25, 0.3) is 15.9 Å². The summed E-state index contributed by atoms with van der Waals surface area (Å²) < 4.78 is 33.6. The number of nitrogens with one attached hydrogen (secondary N) is 1. The number of thiophene rings is 1.